The number of aliphatic carboxylic acids is 1. The maximum absolute atomic E-state index is 11.1. The molecule has 0 radical (unpaired) electrons. The third-order valence-electron chi connectivity index (χ3n) is 4.73. The van der Waals surface area contributed by atoms with Gasteiger partial charge in [-0.05, 0) is 38.5 Å². The maximum Gasteiger partial charge on any atom is 0.308 e. The van der Waals surface area contributed by atoms with E-state index in [0.29, 0.717) is 18.2 Å². The van der Waals surface area contributed by atoms with Crippen molar-refractivity contribution in [1.29, 1.82) is 0 Å². The molecule has 96 valence electrons. The van der Waals surface area contributed by atoms with Crippen LogP contribution in [0.25, 0.3) is 0 Å². The number of hydrogen-bond donors (Lipinski definition) is 1. The van der Waals surface area contributed by atoms with Crippen molar-refractivity contribution in [3.63, 3.8) is 0 Å². The zero-order valence-corrected chi connectivity index (χ0v) is 10.2. The molecule has 0 aromatic carbocycles. The minimum absolute atomic E-state index is 0.113. The predicted molar refractivity (Wildman–Crippen MR) is 62.8 cm³/mol. The summed E-state index contributed by atoms with van der Waals surface area (Å²) in [7, 11) is 0. The molecule has 3 aliphatic rings. The molecule has 3 rings (SSSR count). The lowest BCUT2D eigenvalue weighted by Crippen LogP contribution is -2.34. The smallest absolute Gasteiger partial charge is 0.308 e. The van der Waals surface area contributed by atoms with Crippen LogP contribution in [0.2, 0.25) is 0 Å². The largest absolute Gasteiger partial charge is 0.481 e. The number of carboxylic acid groups (broad SMARTS) is 1. The van der Waals surface area contributed by atoms with Crippen LogP contribution < -0.4 is 0 Å². The average molecular weight is 239 g/mol. The summed E-state index contributed by atoms with van der Waals surface area (Å²) < 4.78 is 5.63. The average Bonchev–Trinajstić information content (AvgIpc) is 3.01. The van der Waals surface area contributed by atoms with E-state index in [-0.39, 0.29) is 5.92 Å². The van der Waals surface area contributed by atoms with Crippen molar-refractivity contribution in [3.8, 4) is 0 Å². The quantitative estimate of drug-likeness (QED) is 0.807. The van der Waals surface area contributed by atoms with Crippen LogP contribution in [-0.2, 0) is 9.53 Å². The molecule has 4 heteroatoms. The van der Waals surface area contributed by atoms with E-state index in [1.165, 1.54) is 19.3 Å². The predicted octanol–water partition coefficient (Wildman–Crippen LogP) is 1.49. The second-order valence-corrected chi connectivity index (χ2v) is 5.64. The highest BCUT2D eigenvalue weighted by molar-refractivity contribution is 5.71. The normalized spacial score (nSPS) is 41.2. The van der Waals surface area contributed by atoms with Gasteiger partial charge in [0.05, 0.1) is 12.0 Å². The Balaban J connectivity index is 1.55. The molecule has 2 bridgehead atoms. The molecule has 3 aliphatic heterocycles. The van der Waals surface area contributed by atoms with Crippen LogP contribution >= 0.6 is 0 Å². The third kappa shape index (κ3) is 2.08. The molecule has 3 saturated heterocycles. The van der Waals surface area contributed by atoms with E-state index in [9.17, 15) is 9.90 Å². The summed E-state index contributed by atoms with van der Waals surface area (Å²) in [6.45, 7) is 1.94. The van der Waals surface area contributed by atoms with Gasteiger partial charge in [0.25, 0.3) is 0 Å². The molecule has 4 atom stereocenters. The van der Waals surface area contributed by atoms with Crippen LogP contribution in [0.1, 0.15) is 38.5 Å². The zero-order chi connectivity index (χ0) is 11.8. The van der Waals surface area contributed by atoms with Gasteiger partial charge in [0.15, 0.2) is 0 Å². The first-order valence-electron chi connectivity index (χ1n) is 6.86. The lowest BCUT2D eigenvalue weighted by molar-refractivity contribution is -0.142. The van der Waals surface area contributed by atoms with E-state index in [2.05, 4.69) is 4.90 Å². The third-order valence-corrected chi connectivity index (χ3v) is 4.73. The van der Waals surface area contributed by atoms with Gasteiger partial charge in [-0.3, -0.25) is 9.69 Å². The maximum atomic E-state index is 11.1. The molecule has 0 spiro atoms. The number of carbonyl (C=O) groups is 1. The molecular weight excluding hydrogens is 218 g/mol. The van der Waals surface area contributed by atoms with Crippen molar-refractivity contribution in [3.05, 3.63) is 0 Å². The Hall–Kier alpha value is -0.610. The van der Waals surface area contributed by atoms with Gasteiger partial charge in [0, 0.05) is 25.2 Å². The molecule has 17 heavy (non-hydrogen) atoms. The van der Waals surface area contributed by atoms with E-state index in [0.717, 1.165) is 32.4 Å². The fraction of sp³-hybridized carbons (Fsp3) is 0.923. The highest BCUT2D eigenvalue weighted by Gasteiger charge is 2.48. The van der Waals surface area contributed by atoms with Crippen LogP contribution in [-0.4, -0.2) is 47.3 Å². The molecule has 1 N–H and O–H groups in total. The van der Waals surface area contributed by atoms with E-state index in [4.69, 9.17) is 4.74 Å². The fourth-order valence-electron chi connectivity index (χ4n) is 3.88. The van der Waals surface area contributed by atoms with Crippen LogP contribution in [0.4, 0.5) is 0 Å². The first-order valence-corrected chi connectivity index (χ1v) is 6.86. The molecule has 0 saturated carbocycles. The summed E-state index contributed by atoms with van der Waals surface area (Å²) in [5.41, 5.74) is 0. The molecule has 4 nitrogen and oxygen atoms in total. The summed E-state index contributed by atoms with van der Waals surface area (Å²) in [6, 6.07) is 0.835. The Kier molecular flexibility index (Phi) is 3.09. The van der Waals surface area contributed by atoms with E-state index in [1.54, 1.807) is 0 Å². The molecule has 3 fully saturated rings. The fourth-order valence-corrected chi connectivity index (χ4v) is 3.88. The minimum atomic E-state index is -0.598. The highest BCUT2D eigenvalue weighted by atomic mass is 16.5. The number of nitrogens with zero attached hydrogens (tertiary/aromatic N) is 1. The van der Waals surface area contributed by atoms with Gasteiger partial charge in [-0.15, -0.1) is 0 Å². The zero-order valence-electron chi connectivity index (χ0n) is 10.2. The number of fused-ring (bicyclic) bond motifs is 2. The lowest BCUT2D eigenvalue weighted by Gasteiger charge is -2.23. The number of carboxylic acids is 1. The van der Waals surface area contributed by atoms with Crippen LogP contribution in [0.3, 0.4) is 0 Å². The second-order valence-electron chi connectivity index (χ2n) is 5.64. The van der Waals surface area contributed by atoms with Gasteiger partial charge < -0.3 is 9.84 Å². The summed E-state index contributed by atoms with van der Waals surface area (Å²) in [5, 5.41) is 9.18. The molecule has 0 aliphatic carbocycles. The highest BCUT2D eigenvalue weighted by Crippen LogP contribution is 2.41. The first-order chi connectivity index (χ1) is 8.25. The standard InChI is InChI=1S/C13H21NO3/c15-13(16)11-8-9-3-4-12(11)14(9)6-5-10-2-1-7-17-10/h9-12H,1-8H2,(H,15,16). The molecule has 0 amide bonds. The second kappa shape index (κ2) is 4.58. The van der Waals surface area contributed by atoms with Crippen molar-refractivity contribution in [2.75, 3.05) is 13.2 Å². The Morgan fingerprint density at radius 1 is 1.35 bits per heavy atom. The van der Waals surface area contributed by atoms with Gasteiger partial charge in [0.2, 0.25) is 0 Å². The summed E-state index contributed by atoms with van der Waals surface area (Å²) in [4.78, 5) is 13.6. The van der Waals surface area contributed by atoms with Gasteiger partial charge in [0.1, 0.15) is 0 Å². The molecule has 0 aromatic rings. The SMILES string of the molecule is O=C(O)C1CC2CCC1N2CCC1CCCO1. The van der Waals surface area contributed by atoms with Gasteiger partial charge in [-0.25, -0.2) is 0 Å². The molecule has 4 unspecified atom stereocenters. The van der Waals surface area contributed by atoms with Crippen LogP contribution in [0.15, 0.2) is 0 Å². The van der Waals surface area contributed by atoms with E-state index < -0.39 is 5.97 Å². The Morgan fingerprint density at radius 3 is 2.88 bits per heavy atom. The molecular formula is C13H21NO3. The Bertz CT molecular complexity index is 301. The van der Waals surface area contributed by atoms with Crippen molar-refractivity contribution >= 4 is 5.97 Å². The lowest BCUT2D eigenvalue weighted by atomic mass is 9.89. The monoisotopic (exact) mass is 239 g/mol. The van der Waals surface area contributed by atoms with Crippen molar-refractivity contribution in [2.45, 2.75) is 56.7 Å². The van der Waals surface area contributed by atoms with Crippen LogP contribution in [0, 0.1) is 5.92 Å². The summed E-state index contributed by atoms with van der Waals surface area (Å²) in [6.07, 6.45) is 7.02. The van der Waals surface area contributed by atoms with Gasteiger partial charge in [-0.1, -0.05) is 0 Å². The van der Waals surface area contributed by atoms with Crippen LogP contribution in [0.5, 0.6) is 0 Å². The Labute approximate surface area is 102 Å². The van der Waals surface area contributed by atoms with Crippen molar-refractivity contribution in [1.82, 2.24) is 4.90 Å². The van der Waals surface area contributed by atoms with Gasteiger partial charge >= 0.3 is 5.97 Å². The summed E-state index contributed by atoms with van der Waals surface area (Å²) >= 11 is 0. The topological polar surface area (TPSA) is 49.8 Å². The first kappa shape index (κ1) is 11.5. The number of rotatable bonds is 4. The number of hydrogen-bond acceptors (Lipinski definition) is 3. The van der Waals surface area contributed by atoms with Crippen molar-refractivity contribution < 1.29 is 14.6 Å². The minimum Gasteiger partial charge on any atom is -0.481 e. The van der Waals surface area contributed by atoms with E-state index >= 15 is 0 Å². The Morgan fingerprint density at radius 2 is 2.24 bits per heavy atom. The molecule has 0 aromatic heterocycles. The van der Waals surface area contributed by atoms with Gasteiger partial charge in [-0.2, -0.15) is 0 Å². The van der Waals surface area contributed by atoms with E-state index in [1.807, 2.05) is 0 Å². The summed E-state index contributed by atoms with van der Waals surface area (Å²) in [5.74, 6) is -0.711. The van der Waals surface area contributed by atoms with Crippen molar-refractivity contribution in [2.24, 2.45) is 5.92 Å². The number of ether oxygens (including phenoxy) is 1. The molecule has 3 heterocycles.